The van der Waals surface area contributed by atoms with Gasteiger partial charge in [-0.05, 0) is 12.1 Å². The number of halogens is 1. The maximum Gasteiger partial charge on any atom is 0.155 e. The second-order valence-corrected chi connectivity index (χ2v) is 4.52. The van der Waals surface area contributed by atoms with Gasteiger partial charge in [0, 0.05) is 17.8 Å². The molecule has 0 radical (unpaired) electrons. The summed E-state index contributed by atoms with van der Waals surface area (Å²) in [4.78, 5) is 0. The number of benzene rings is 1. The second-order valence-electron chi connectivity index (χ2n) is 4.13. The molecule has 0 spiro atoms. The number of ether oxygens (including phenoxy) is 1. The molecule has 0 aliphatic carbocycles. The van der Waals surface area contributed by atoms with Crippen molar-refractivity contribution >= 4 is 11.6 Å². The highest BCUT2D eigenvalue weighted by atomic mass is 35.5. The predicted molar refractivity (Wildman–Crippen MR) is 74.9 cm³/mol. The first-order chi connectivity index (χ1) is 9.81. The Morgan fingerprint density at radius 2 is 2.00 bits per heavy atom. The molecule has 0 unspecified atom stereocenters. The van der Waals surface area contributed by atoms with Crippen LogP contribution in [-0.2, 0) is 6.61 Å². The van der Waals surface area contributed by atoms with Crippen LogP contribution in [0.25, 0.3) is 5.69 Å². The summed E-state index contributed by atoms with van der Waals surface area (Å²) in [6.07, 6.45) is 5.21. The Kier molecular flexibility index (Phi) is 3.60. The van der Waals surface area contributed by atoms with Crippen molar-refractivity contribution in [3.63, 3.8) is 0 Å². The Bertz CT molecular complexity index is 699. The van der Waals surface area contributed by atoms with Gasteiger partial charge in [-0.3, -0.25) is 0 Å². The molecular formula is C14H11ClN4O. The highest BCUT2D eigenvalue weighted by molar-refractivity contribution is 6.29. The van der Waals surface area contributed by atoms with E-state index >= 15 is 0 Å². The zero-order valence-electron chi connectivity index (χ0n) is 10.5. The molecule has 0 saturated carbocycles. The molecule has 0 bridgehead atoms. The lowest BCUT2D eigenvalue weighted by atomic mass is 10.3. The number of rotatable bonds is 4. The summed E-state index contributed by atoms with van der Waals surface area (Å²) in [5.41, 5.74) is 1.97. The van der Waals surface area contributed by atoms with Crippen LogP contribution in [0.15, 0.2) is 55.0 Å². The quantitative estimate of drug-likeness (QED) is 0.740. The van der Waals surface area contributed by atoms with E-state index in [4.69, 9.17) is 16.3 Å². The van der Waals surface area contributed by atoms with Crippen LogP contribution in [0.5, 0.6) is 5.75 Å². The molecule has 0 aliphatic rings. The monoisotopic (exact) mass is 286 g/mol. The van der Waals surface area contributed by atoms with Gasteiger partial charge in [-0.15, -0.1) is 5.10 Å². The predicted octanol–water partition coefficient (Wildman–Crippen LogP) is 2.89. The lowest BCUT2D eigenvalue weighted by Gasteiger charge is -2.03. The molecule has 0 aliphatic heterocycles. The highest BCUT2D eigenvalue weighted by Crippen LogP contribution is 2.15. The molecule has 0 fully saturated rings. The number of aromatic nitrogens is 4. The van der Waals surface area contributed by atoms with Crippen molar-refractivity contribution in [1.29, 1.82) is 0 Å². The van der Waals surface area contributed by atoms with Crippen molar-refractivity contribution in [2.24, 2.45) is 0 Å². The first kappa shape index (κ1) is 12.6. The van der Waals surface area contributed by atoms with E-state index in [1.54, 1.807) is 16.9 Å². The van der Waals surface area contributed by atoms with Crippen LogP contribution in [0.2, 0.25) is 5.15 Å². The molecule has 3 aromatic rings. The number of hydrogen-bond donors (Lipinski definition) is 0. The van der Waals surface area contributed by atoms with E-state index in [0.29, 0.717) is 17.5 Å². The topological polar surface area (TPSA) is 52.8 Å². The van der Waals surface area contributed by atoms with Crippen LogP contribution >= 0.6 is 11.6 Å². The number of hydrogen-bond acceptors (Lipinski definition) is 4. The molecule has 0 N–H and O–H groups in total. The Labute approximate surface area is 120 Å². The van der Waals surface area contributed by atoms with Crippen molar-refractivity contribution in [3.05, 3.63) is 65.7 Å². The maximum atomic E-state index is 5.74. The van der Waals surface area contributed by atoms with Gasteiger partial charge in [0.2, 0.25) is 0 Å². The molecule has 2 heterocycles. The van der Waals surface area contributed by atoms with Gasteiger partial charge in [0.15, 0.2) is 5.15 Å². The minimum Gasteiger partial charge on any atom is -0.487 e. The Hall–Kier alpha value is -2.40. The number of para-hydroxylation sites is 1. The molecule has 5 nitrogen and oxygen atoms in total. The number of nitrogens with zero attached hydrogens (tertiary/aromatic N) is 4. The van der Waals surface area contributed by atoms with Gasteiger partial charge in [-0.2, -0.15) is 10.2 Å². The van der Waals surface area contributed by atoms with Crippen LogP contribution in [0.3, 0.4) is 0 Å². The second kappa shape index (κ2) is 5.71. The van der Waals surface area contributed by atoms with Crippen molar-refractivity contribution in [2.45, 2.75) is 6.61 Å². The summed E-state index contributed by atoms with van der Waals surface area (Å²) in [6.45, 7) is 0.398. The van der Waals surface area contributed by atoms with E-state index in [9.17, 15) is 0 Å². The SMILES string of the molecule is Clc1cc(OCc2cnn(-c3ccccc3)c2)cnn1. The molecule has 2 aromatic heterocycles. The molecule has 1 aromatic carbocycles. The Morgan fingerprint density at radius 3 is 2.80 bits per heavy atom. The van der Waals surface area contributed by atoms with E-state index in [1.807, 2.05) is 36.5 Å². The molecular weight excluding hydrogens is 276 g/mol. The minimum absolute atomic E-state index is 0.308. The van der Waals surface area contributed by atoms with Crippen molar-refractivity contribution in [1.82, 2.24) is 20.0 Å². The van der Waals surface area contributed by atoms with Gasteiger partial charge in [0.1, 0.15) is 12.4 Å². The van der Waals surface area contributed by atoms with Gasteiger partial charge >= 0.3 is 0 Å². The summed E-state index contributed by atoms with van der Waals surface area (Å²) in [7, 11) is 0. The standard InChI is InChI=1S/C14H11ClN4O/c15-14-6-13(8-16-18-14)20-10-11-7-17-19(9-11)12-4-2-1-3-5-12/h1-9H,10H2. The average molecular weight is 287 g/mol. The third kappa shape index (κ3) is 2.95. The first-order valence-corrected chi connectivity index (χ1v) is 6.39. The van der Waals surface area contributed by atoms with E-state index in [0.717, 1.165) is 11.3 Å². The van der Waals surface area contributed by atoms with E-state index in [-0.39, 0.29) is 0 Å². The summed E-state index contributed by atoms with van der Waals surface area (Å²) in [6, 6.07) is 11.5. The third-order valence-corrected chi connectivity index (χ3v) is 2.85. The van der Waals surface area contributed by atoms with Crippen LogP contribution in [0.4, 0.5) is 0 Å². The summed E-state index contributed by atoms with van der Waals surface area (Å²) >= 11 is 5.74. The Morgan fingerprint density at radius 1 is 1.15 bits per heavy atom. The molecule has 0 amide bonds. The average Bonchev–Trinajstić information content (AvgIpc) is 2.95. The maximum absolute atomic E-state index is 5.74. The molecule has 20 heavy (non-hydrogen) atoms. The molecule has 3 rings (SSSR count). The fourth-order valence-electron chi connectivity index (χ4n) is 1.73. The van der Waals surface area contributed by atoms with Gasteiger partial charge in [-0.25, -0.2) is 4.68 Å². The summed E-state index contributed by atoms with van der Waals surface area (Å²) in [5, 5.41) is 12.0. The lowest BCUT2D eigenvalue weighted by molar-refractivity contribution is 0.304. The van der Waals surface area contributed by atoms with Crippen molar-refractivity contribution in [3.8, 4) is 11.4 Å². The third-order valence-electron chi connectivity index (χ3n) is 2.66. The van der Waals surface area contributed by atoms with Gasteiger partial charge in [0.05, 0.1) is 18.1 Å². The van der Waals surface area contributed by atoms with Crippen LogP contribution in [0.1, 0.15) is 5.56 Å². The molecule has 6 heteroatoms. The molecule has 0 saturated heterocycles. The summed E-state index contributed by atoms with van der Waals surface area (Å²) in [5.74, 6) is 0.581. The largest absolute Gasteiger partial charge is 0.487 e. The lowest BCUT2D eigenvalue weighted by Crippen LogP contribution is -1.96. The zero-order chi connectivity index (χ0) is 13.8. The van der Waals surface area contributed by atoms with Gasteiger partial charge in [-0.1, -0.05) is 29.8 Å². The van der Waals surface area contributed by atoms with Crippen molar-refractivity contribution < 1.29 is 4.74 Å². The van der Waals surface area contributed by atoms with Gasteiger partial charge in [0.25, 0.3) is 0 Å². The van der Waals surface area contributed by atoms with Crippen molar-refractivity contribution in [2.75, 3.05) is 0 Å². The van der Waals surface area contributed by atoms with Gasteiger partial charge < -0.3 is 4.74 Å². The highest BCUT2D eigenvalue weighted by Gasteiger charge is 2.02. The Balaban J connectivity index is 1.69. The van der Waals surface area contributed by atoms with E-state index in [1.165, 1.54) is 6.20 Å². The van der Waals surface area contributed by atoms with Crippen LogP contribution in [-0.4, -0.2) is 20.0 Å². The van der Waals surface area contributed by atoms with Crippen LogP contribution < -0.4 is 4.74 Å². The smallest absolute Gasteiger partial charge is 0.155 e. The molecule has 0 atom stereocenters. The zero-order valence-corrected chi connectivity index (χ0v) is 11.2. The normalized spacial score (nSPS) is 10.4. The van der Waals surface area contributed by atoms with Crippen LogP contribution in [0, 0.1) is 0 Å². The minimum atomic E-state index is 0.308. The van der Waals surface area contributed by atoms with E-state index < -0.39 is 0 Å². The molecule has 100 valence electrons. The first-order valence-electron chi connectivity index (χ1n) is 6.01. The fourth-order valence-corrected chi connectivity index (χ4v) is 1.88. The summed E-state index contributed by atoms with van der Waals surface area (Å²) < 4.78 is 7.38. The fraction of sp³-hybridized carbons (Fsp3) is 0.0714. The van der Waals surface area contributed by atoms with E-state index in [2.05, 4.69) is 15.3 Å².